The summed E-state index contributed by atoms with van der Waals surface area (Å²) in [5, 5.41) is 0.720. The number of nitrogens with two attached hydrogens (primary N) is 1. The van der Waals surface area contributed by atoms with Crippen LogP contribution in [0.25, 0.3) is 10.9 Å². The maximum atomic E-state index is 13.6. The Balaban J connectivity index is 2.89. The number of anilines is 1. The minimum Gasteiger partial charge on any atom is -0.323 e. The number of rotatable bonds is 2. The largest absolute Gasteiger partial charge is 0.323 e. The van der Waals surface area contributed by atoms with E-state index in [1.54, 1.807) is 6.07 Å². The van der Waals surface area contributed by atoms with E-state index in [9.17, 15) is 4.39 Å². The zero-order valence-electron chi connectivity index (χ0n) is 9.34. The number of hydrazine groups is 1. The van der Waals surface area contributed by atoms with Gasteiger partial charge in [0.25, 0.3) is 0 Å². The number of aryl methyl sites for hydroxylation is 1. The Bertz CT molecular complexity index is 537. The highest BCUT2D eigenvalue weighted by Gasteiger charge is 2.12. The third-order valence-electron chi connectivity index (χ3n) is 2.79. The number of nitrogens with zero attached hydrogens (tertiary/aromatic N) is 1. The van der Waals surface area contributed by atoms with Crippen molar-refractivity contribution in [3.8, 4) is 0 Å². The second-order valence-electron chi connectivity index (χ2n) is 3.69. The minimum absolute atomic E-state index is 0.316. The quantitative estimate of drug-likeness (QED) is 0.602. The normalized spacial score (nSPS) is 10.8. The average Bonchev–Trinajstić information content (AvgIpc) is 2.29. The fraction of sp³-hybridized carbons (Fsp3) is 0.250. The molecule has 0 spiro atoms. The Kier molecular flexibility index (Phi) is 2.75. The lowest BCUT2D eigenvalue weighted by molar-refractivity contribution is 0.636. The molecular formula is C12H14FN3. The van der Waals surface area contributed by atoms with Gasteiger partial charge in [-0.2, -0.15) is 0 Å². The summed E-state index contributed by atoms with van der Waals surface area (Å²) < 4.78 is 13.6. The van der Waals surface area contributed by atoms with Crippen LogP contribution in [0.4, 0.5) is 10.1 Å². The standard InChI is InChI=1S/C12H14FN3/c1-3-10-7(2)11(16-14)8-5-4-6-9(13)12(8)15-10/h4-6H,3,14H2,1-2H3,(H,15,16). The van der Waals surface area contributed by atoms with Crippen molar-refractivity contribution in [1.29, 1.82) is 0 Å². The summed E-state index contributed by atoms with van der Waals surface area (Å²) in [4.78, 5) is 4.33. The summed E-state index contributed by atoms with van der Waals surface area (Å²) in [6, 6.07) is 4.88. The van der Waals surface area contributed by atoms with Crippen LogP contribution in [0.1, 0.15) is 18.2 Å². The average molecular weight is 219 g/mol. The lowest BCUT2D eigenvalue weighted by Crippen LogP contribution is -2.11. The van der Waals surface area contributed by atoms with Gasteiger partial charge in [-0.3, -0.25) is 5.84 Å². The van der Waals surface area contributed by atoms with Crippen molar-refractivity contribution in [2.24, 2.45) is 5.84 Å². The molecule has 84 valence electrons. The molecule has 0 radical (unpaired) electrons. The molecule has 0 aliphatic carbocycles. The Morgan fingerprint density at radius 3 is 2.81 bits per heavy atom. The SMILES string of the molecule is CCc1nc2c(F)cccc2c(NN)c1C. The molecular weight excluding hydrogens is 205 g/mol. The molecule has 1 heterocycles. The topological polar surface area (TPSA) is 50.9 Å². The maximum Gasteiger partial charge on any atom is 0.149 e. The van der Waals surface area contributed by atoms with Gasteiger partial charge in [0.2, 0.25) is 0 Å². The number of hydrogen-bond donors (Lipinski definition) is 2. The van der Waals surface area contributed by atoms with Crippen LogP contribution in [-0.4, -0.2) is 4.98 Å². The van der Waals surface area contributed by atoms with E-state index in [0.29, 0.717) is 5.52 Å². The van der Waals surface area contributed by atoms with Crippen LogP contribution >= 0.6 is 0 Å². The number of nitrogen functional groups attached to an aromatic ring is 1. The molecule has 3 nitrogen and oxygen atoms in total. The molecule has 0 saturated heterocycles. The van der Waals surface area contributed by atoms with E-state index in [2.05, 4.69) is 10.4 Å². The van der Waals surface area contributed by atoms with Crippen molar-refractivity contribution in [2.75, 3.05) is 5.43 Å². The van der Waals surface area contributed by atoms with E-state index in [4.69, 9.17) is 5.84 Å². The fourth-order valence-electron chi connectivity index (χ4n) is 1.93. The molecule has 0 bridgehead atoms. The van der Waals surface area contributed by atoms with E-state index in [1.807, 2.05) is 19.9 Å². The first-order valence-electron chi connectivity index (χ1n) is 5.23. The third-order valence-corrected chi connectivity index (χ3v) is 2.79. The van der Waals surface area contributed by atoms with Gasteiger partial charge in [0, 0.05) is 11.1 Å². The number of fused-ring (bicyclic) bond motifs is 1. The number of para-hydroxylation sites is 1. The molecule has 0 saturated carbocycles. The smallest absolute Gasteiger partial charge is 0.149 e. The summed E-state index contributed by atoms with van der Waals surface area (Å²) in [7, 11) is 0. The predicted octanol–water partition coefficient (Wildman–Crippen LogP) is 2.53. The molecule has 0 aliphatic heterocycles. The molecule has 2 rings (SSSR count). The lowest BCUT2D eigenvalue weighted by Gasteiger charge is -2.13. The van der Waals surface area contributed by atoms with Gasteiger partial charge in [-0.05, 0) is 25.0 Å². The van der Waals surface area contributed by atoms with Crippen molar-refractivity contribution < 1.29 is 4.39 Å². The number of pyridine rings is 1. The van der Waals surface area contributed by atoms with E-state index in [0.717, 1.165) is 28.8 Å². The Hall–Kier alpha value is -1.68. The first-order chi connectivity index (χ1) is 7.69. The molecule has 3 N–H and O–H groups in total. The molecule has 1 aromatic carbocycles. The van der Waals surface area contributed by atoms with E-state index in [-0.39, 0.29) is 5.82 Å². The lowest BCUT2D eigenvalue weighted by atomic mass is 10.1. The van der Waals surface area contributed by atoms with Gasteiger partial charge < -0.3 is 5.43 Å². The molecule has 1 aromatic heterocycles. The summed E-state index contributed by atoms with van der Waals surface area (Å²) in [5.74, 6) is 5.17. The number of benzene rings is 1. The van der Waals surface area contributed by atoms with Crippen molar-refractivity contribution in [2.45, 2.75) is 20.3 Å². The van der Waals surface area contributed by atoms with Crippen LogP contribution in [0.15, 0.2) is 18.2 Å². The Morgan fingerprint density at radius 1 is 1.44 bits per heavy atom. The fourth-order valence-corrected chi connectivity index (χ4v) is 1.93. The van der Waals surface area contributed by atoms with Gasteiger partial charge >= 0.3 is 0 Å². The van der Waals surface area contributed by atoms with Crippen molar-refractivity contribution in [1.82, 2.24) is 4.98 Å². The Labute approximate surface area is 93.5 Å². The second kappa shape index (κ2) is 4.06. The highest BCUT2D eigenvalue weighted by atomic mass is 19.1. The summed E-state index contributed by atoms with van der Waals surface area (Å²) >= 11 is 0. The molecule has 0 amide bonds. The number of nitrogens with one attached hydrogen (secondary N) is 1. The molecule has 0 unspecified atom stereocenters. The number of hydrogen-bond acceptors (Lipinski definition) is 3. The van der Waals surface area contributed by atoms with Crippen LogP contribution < -0.4 is 11.3 Å². The predicted molar refractivity (Wildman–Crippen MR) is 63.6 cm³/mol. The van der Waals surface area contributed by atoms with Gasteiger partial charge in [0.05, 0.1) is 5.69 Å². The zero-order chi connectivity index (χ0) is 11.7. The van der Waals surface area contributed by atoms with Gasteiger partial charge in [-0.15, -0.1) is 0 Å². The summed E-state index contributed by atoms with van der Waals surface area (Å²) in [6.07, 6.45) is 0.755. The van der Waals surface area contributed by atoms with Crippen molar-refractivity contribution in [3.63, 3.8) is 0 Å². The summed E-state index contributed by atoms with van der Waals surface area (Å²) in [5.41, 5.74) is 5.60. The van der Waals surface area contributed by atoms with Gasteiger partial charge in [-0.1, -0.05) is 19.1 Å². The highest BCUT2D eigenvalue weighted by Crippen LogP contribution is 2.28. The first kappa shape index (κ1) is 10.8. The second-order valence-corrected chi connectivity index (χ2v) is 3.69. The maximum absolute atomic E-state index is 13.6. The van der Waals surface area contributed by atoms with E-state index in [1.165, 1.54) is 6.07 Å². The highest BCUT2D eigenvalue weighted by molar-refractivity contribution is 5.93. The molecule has 0 atom stereocenters. The van der Waals surface area contributed by atoms with Crippen LogP contribution in [0, 0.1) is 12.7 Å². The molecule has 0 fully saturated rings. The molecule has 2 aromatic rings. The number of halogens is 1. The number of aromatic nitrogens is 1. The van der Waals surface area contributed by atoms with Gasteiger partial charge in [-0.25, -0.2) is 9.37 Å². The Morgan fingerprint density at radius 2 is 2.19 bits per heavy atom. The van der Waals surface area contributed by atoms with Crippen LogP contribution in [0.2, 0.25) is 0 Å². The monoisotopic (exact) mass is 219 g/mol. The first-order valence-corrected chi connectivity index (χ1v) is 5.23. The third kappa shape index (κ3) is 1.51. The van der Waals surface area contributed by atoms with Crippen LogP contribution in [0.5, 0.6) is 0 Å². The van der Waals surface area contributed by atoms with Gasteiger partial charge in [0.15, 0.2) is 0 Å². The molecule has 16 heavy (non-hydrogen) atoms. The molecule has 4 heteroatoms. The van der Waals surface area contributed by atoms with Gasteiger partial charge in [0.1, 0.15) is 11.3 Å². The summed E-state index contributed by atoms with van der Waals surface area (Å²) in [6.45, 7) is 3.92. The molecule has 0 aliphatic rings. The minimum atomic E-state index is -0.316. The van der Waals surface area contributed by atoms with Crippen LogP contribution in [0.3, 0.4) is 0 Å². The van der Waals surface area contributed by atoms with Crippen LogP contribution in [-0.2, 0) is 6.42 Å². The van der Waals surface area contributed by atoms with E-state index < -0.39 is 0 Å². The zero-order valence-corrected chi connectivity index (χ0v) is 9.34. The van der Waals surface area contributed by atoms with E-state index >= 15 is 0 Å². The van der Waals surface area contributed by atoms with Crippen molar-refractivity contribution in [3.05, 3.63) is 35.3 Å². The van der Waals surface area contributed by atoms with Crippen molar-refractivity contribution >= 4 is 16.6 Å².